The maximum absolute atomic E-state index is 10.1. The summed E-state index contributed by atoms with van der Waals surface area (Å²) in [7, 11) is 3.31. The Morgan fingerprint density at radius 1 is 0.946 bits per heavy atom. The van der Waals surface area contributed by atoms with Crippen LogP contribution in [0.2, 0.25) is 0 Å². The van der Waals surface area contributed by atoms with Gasteiger partial charge in [0.1, 0.15) is 28.9 Å². The average Bonchev–Trinajstić information content (AvgIpc) is 2.93. The average molecular weight is 492 g/mol. The lowest BCUT2D eigenvalue weighted by Crippen LogP contribution is -2.37. The van der Waals surface area contributed by atoms with E-state index in [4.69, 9.17) is 19.9 Å². The molecule has 6 heteroatoms. The van der Waals surface area contributed by atoms with E-state index in [0.29, 0.717) is 30.2 Å². The highest BCUT2D eigenvalue weighted by Crippen LogP contribution is 2.46. The first kappa shape index (κ1) is 24.2. The fourth-order valence-corrected chi connectivity index (χ4v) is 5.13. The van der Waals surface area contributed by atoms with Crippen LogP contribution in [0, 0.1) is 11.3 Å². The van der Waals surface area contributed by atoms with E-state index < -0.39 is 0 Å². The highest BCUT2D eigenvalue weighted by molar-refractivity contribution is 5.67. The van der Waals surface area contributed by atoms with Gasteiger partial charge in [-0.15, -0.1) is 0 Å². The molecule has 0 saturated carbocycles. The standard InChI is InChI=1S/C31H29N3O3/c1-35-27-14-8-6-12-22(27)16-23-19-34(18-21-10-4-3-5-11-21)20-26-29(24-13-7-9-15-28(24)36-2)25(17-32)31(33)37-30(23)26/h3-16,29H,18-20,33H2,1-2H3/b23-16+. The topological polar surface area (TPSA) is 80.7 Å². The van der Waals surface area contributed by atoms with Crippen LogP contribution in [0.1, 0.15) is 22.6 Å². The largest absolute Gasteiger partial charge is 0.496 e. The van der Waals surface area contributed by atoms with Gasteiger partial charge in [0.05, 0.1) is 20.1 Å². The molecule has 0 fully saturated rings. The number of hydrogen-bond acceptors (Lipinski definition) is 6. The molecule has 0 aliphatic carbocycles. The van der Waals surface area contributed by atoms with E-state index in [-0.39, 0.29) is 11.8 Å². The zero-order valence-corrected chi connectivity index (χ0v) is 21.0. The minimum absolute atomic E-state index is 0.125. The second kappa shape index (κ2) is 10.7. The summed E-state index contributed by atoms with van der Waals surface area (Å²) in [4.78, 5) is 2.36. The van der Waals surface area contributed by atoms with Crippen molar-refractivity contribution in [2.24, 2.45) is 5.73 Å². The summed E-state index contributed by atoms with van der Waals surface area (Å²) in [6.07, 6.45) is 2.09. The molecule has 2 N–H and O–H groups in total. The molecule has 2 aliphatic rings. The molecule has 6 nitrogen and oxygen atoms in total. The molecule has 37 heavy (non-hydrogen) atoms. The third kappa shape index (κ3) is 4.82. The number of rotatable bonds is 6. The van der Waals surface area contributed by atoms with E-state index in [9.17, 15) is 5.26 Å². The van der Waals surface area contributed by atoms with Crippen molar-refractivity contribution in [1.29, 1.82) is 5.26 Å². The number of methoxy groups -OCH3 is 2. The van der Waals surface area contributed by atoms with Crippen molar-refractivity contribution in [3.63, 3.8) is 0 Å². The van der Waals surface area contributed by atoms with E-state index in [0.717, 1.165) is 34.6 Å². The molecule has 3 aromatic rings. The van der Waals surface area contributed by atoms with E-state index in [1.165, 1.54) is 5.56 Å². The number of allylic oxidation sites excluding steroid dienone is 1. The Balaban J connectivity index is 1.67. The molecule has 0 amide bonds. The van der Waals surface area contributed by atoms with Gasteiger partial charge in [-0.1, -0.05) is 66.7 Å². The molecule has 2 heterocycles. The van der Waals surface area contributed by atoms with E-state index >= 15 is 0 Å². The van der Waals surface area contributed by atoms with Crippen LogP contribution in [0.25, 0.3) is 6.08 Å². The fourth-order valence-electron chi connectivity index (χ4n) is 5.13. The number of nitrogens with zero attached hydrogens (tertiary/aromatic N) is 2. The number of hydrogen-bond donors (Lipinski definition) is 1. The Morgan fingerprint density at radius 3 is 2.35 bits per heavy atom. The normalized spacial score (nSPS) is 18.7. The van der Waals surface area contributed by atoms with Crippen molar-refractivity contribution in [2.75, 3.05) is 27.3 Å². The molecule has 1 atom stereocenters. The highest BCUT2D eigenvalue weighted by atomic mass is 16.5. The summed E-state index contributed by atoms with van der Waals surface area (Å²) in [5.74, 6) is 1.93. The van der Waals surface area contributed by atoms with Crippen LogP contribution in [0.4, 0.5) is 0 Å². The molecule has 1 unspecified atom stereocenters. The first-order chi connectivity index (χ1) is 18.1. The van der Waals surface area contributed by atoms with E-state index in [1.54, 1.807) is 14.2 Å². The second-order valence-electron chi connectivity index (χ2n) is 9.06. The molecule has 0 saturated heterocycles. The van der Waals surface area contributed by atoms with Crippen molar-refractivity contribution in [3.8, 4) is 17.6 Å². The van der Waals surface area contributed by atoms with Crippen LogP contribution in [0.3, 0.4) is 0 Å². The Labute approximate surface area is 217 Å². The van der Waals surface area contributed by atoms with Gasteiger partial charge in [-0.3, -0.25) is 4.90 Å². The van der Waals surface area contributed by atoms with Crippen LogP contribution in [0.15, 0.2) is 107 Å². The molecule has 0 aromatic heterocycles. The van der Waals surface area contributed by atoms with Crippen molar-refractivity contribution in [2.45, 2.75) is 12.5 Å². The molecule has 186 valence electrons. The van der Waals surface area contributed by atoms with Gasteiger partial charge in [0.2, 0.25) is 5.88 Å². The van der Waals surface area contributed by atoms with Gasteiger partial charge in [-0.25, -0.2) is 0 Å². The quantitative estimate of drug-likeness (QED) is 0.500. The van der Waals surface area contributed by atoms with Gasteiger partial charge < -0.3 is 19.9 Å². The van der Waals surface area contributed by atoms with Crippen molar-refractivity contribution >= 4 is 6.08 Å². The van der Waals surface area contributed by atoms with Gasteiger partial charge in [0, 0.05) is 36.3 Å². The summed E-state index contributed by atoms with van der Waals surface area (Å²) < 4.78 is 17.5. The molecule has 2 aliphatic heterocycles. The maximum atomic E-state index is 10.1. The number of ether oxygens (including phenoxy) is 3. The number of nitrogens with two attached hydrogens (primary N) is 1. The van der Waals surface area contributed by atoms with Gasteiger partial charge in [-0.2, -0.15) is 5.26 Å². The number of para-hydroxylation sites is 2. The molecular weight excluding hydrogens is 462 g/mol. The van der Waals surface area contributed by atoms with Gasteiger partial charge in [0.25, 0.3) is 0 Å². The molecule has 0 radical (unpaired) electrons. The Bertz CT molecular complexity index is 1430. The summed E-state index contributed by atoms with van der Waals surface area (Å²) in [6.45, 7) is 2.02. The van der Waals surface area contributed by atoms with E-state index in [1.807, 2.05) is 66.7 Å². The summed E-state index contributed by atoms with van der Waals surface area (Å²) in [5.41, 5.74) is 11.8. The number of benzene rings is 3. The zero-order valence-electron chi connectivity index (χ0n) is 21.0. The lowest BCUT2D eigenvalue weighted by molar-refractivity contribution is 0.229. The monoisotopic (exact) mass is 491 g/mol. The predicted octanol–water partition coefficient (Wildman–Crippen LogP) is 5.36. The molecule has 5 rings (SSSR count). The Morgan fingerprint density at radius 2 is 1.62 bits per heavy atom. The molecule has 0 bridgehead atoms. The summed E-state index contributed by atoms with van der Waals surface area (Å²) in [6, 6.07) is 28.3. The summed E-state index contributed by atoms with van der Waals surface area (Å²) >= 11 is 0. The second-order valence-corrected chi connectivity index (χ2v) is 9.06. The van der Waals surface area contributed by atoms with Crippen molar-refractivity contribution < 1.29 is 14.2 Å². The Kier molecular flexibility index (Phi) is 6.98. The SMILES string of the molecule is COc1ccccc1/C=C1\CN(Cc2ccccc2)CC2=C1OC(N)=C(C#N)C2c1ccccc1OC. The van der Waals surface area contributed by atoms with Crippen molar-refractivity contribution in [1.82, 2.24) is 4.90 Å². The van der Waals surface area contributed by atoms with Crippen LogP contribution in [-0.4, -0.2) is 32.2 Å². The van der Waals surface area contributed by atoms with Crippen LogP contribution < -0.4 is 15.2 Å². The van der Waals surface area contributed by atoms with Crippen molar-refractivity contribution in [3.05, 3.63) is 124 Å². The minimum atomic E-state index is -0.385. The fraction of sp³-hybridized carbons (Fsp3) is 0.194. The highest BCUT2D eigenvalue weighted by Gasteiger charge is 2.39. The van der Waals surface area contributed by atoms with Gasteiger partial charge in [0.15, 0.2) is 0 Å². The third-order valence-electron chi connectivity index (χ3n) is 6.77. The molecular formula is C31H29N3O3. The predicted molar refractivity (Wildman–Crippen MR) is 143 cm³/mol. The van der Waals surface area contributed by atoms with Crippen LogP contribution >= 0.6 is 0 Å². The molecule has 3 aromatic carbocycles. The first-order valence-electron chi connectivity index (χ1n) is 12.2. The Hall–Kier alpha value is -4.47. The van der Waals surface area contributed by atoms with Crippen LogP contribution in [-0.2, 0) is 11.3 Å². The lowest BCUT2D eigenvalue weighted by atomic mass is 9.79. The number of nitriles is 1. The van der Waals surface area contributed by atoms with Gasteiger partial charge >= 0.3 is 0 Å². The van der Waals surface area contributed by atoms with Gasteiger partial charge in [-0.05, 0) is 29.3 Å². The maximum Gasteiger partial charge on any atom is 0.205 e. The minimum Gasteiger partial charge on any atom is -0.496 e. The third-order valence-corrected chi connectivity index (χ3v) is 6.77. The van der Waals surface area contributed by atoms with E-state index in [2.05, 4.69) is 29.2 Å². The summed E-state index contributed by atoms with van der Waals surface area (Å²) in [5, 5.41) is 10.1. The lowest BCUT2D eigenvalue weighted by Gasteiger charge is -2.38. The van der Waals surface area contributed by atoms with Crippen LogP contribution in [0.5, 0.6) is 11.5 Å². The first-order valence-corrected chi connectivity index (χ1v) is 12.2. The molecule has 0 spiro atoms. The smallest absolute Gasteiger partial charge is 0.205 e. The zero-order chi connectivity index (χ0) is 25.8.